The zero-order valence-electron chi connectivity index (χ0n) is 31.3. The molecule has 0 radical (unpaired) electrons. The van der Waals surface area contributed by atoms with Gasteiger partial charge in [0.1, 0.15) is 11.5 Å². The summed E-state index contributed by atoms with van der Waals surface area (Å²) in [5.41, 5.74) is 8.59. The Bertz CT molecular complexity index is 2440. The maximum absolute atomic E-state index is 12.4. The van der Waals surface area contributed by atoms with Crippen LogP contribution < -0.4 is 0 Å². The maximum atomic E-state index is 12.4. The van der Waals surface area contributed by atoms with Gasteiger partial charge in [0.2, 0.25) is 0 Å². The summed E-state index contributed by atoms with van der Waals surface area (Å²) in [6, 6.07) is 38.9. The highest BCUT2D eigenvalue weighted by atomic mass is 16.3. The summed E-state index contributed by atoms with van der Waals surface area (Å²) in [4.78, 5) is 0. The molecular weight excluding hydrogens is 657 g/mol. The molecule has 12 rings (SSSR count). The van der Waals surface area contributed by atoms with Crippen LogP contribution in [0.5, 0.6) is 11.5 Å². The van der Waals surface area contributed by atoms with Crippen LogP contribution in [0.25, 0.3) is 54.9 Å². The van der Waals surface area contributed by atoms with E-state index in [2.05, 4.69) is 104 Å². The summed E-state index contributed by atoms with van der Waals surface area (Å²) in [5.74, 6) is 9.05. The normalized spacial score (nSPS) is 33.0. The van der Waals surface area contributed by atoms with Crippen LogP contribution in [0.2, 0.25) is 0 Å². The van der Waals surface area contributed by atoms with E-state index >= 15 is 0 Å². The van der Waals surface area contributed by atoms with Gasteiger partial charge in [0.25, 0.3) is 0 Å². The zero-order valence-corrected chi connectivity index (χ0v) is 31.3. The topological polar surface area (TPSA) is 40.5 Å². The third-order valence-electron chi connectivity index (χ3n) is 16.2. The van der Waals surface area contributed by atoms with Gasteiger partial charge in [-0.05, 0) is 172 Å². The number of aromatic hydroxyl groups is 2. The second-order valence-corrected chi connectivity index (χ2v) is 18.7. The van der Waals surface area contributed by atoms with Gasteiger partial charge in [-0.3, -0.25) is 0 Å². The van der Waals surface area contributed by atoms with E-state index in [4.69, 9.17) is 0 Å². The van der Waals surface area contributed by atoms with E-state index in [0.717, 1.165) is 85.2 Å². The first-order chi connectivity index (χ1) is 26.5. The fourth-order valence-electron chi connectivity index (χ4n) is 13.0. The van der Waals surface area contributed by atoms with E-state index in [-0.39, 0.29) is 11.5 Å². The number of rotatable bonds is 6. The fourth-order valence-corrected chi connectivity index (χ4v) is 13.0. The van der Waals surface area contributed by atoms with Gasteiger partial charge >= 0.3 is 0 Å². The largest absolute Gasteiger partial charge is 0.507 e. The zero-order chi connectivity index (χ0) is 35.9. The van der Waals surface area contributed by atoms with E-state index < -0.39 is 0 Å². The summed E-state index contributed by atoms with van der Waals surface area (Å²) < 4.78 is 0. The Morgan fingerprint density at radius 3 is 1.44 bits per heavy atom. The van der Waals surface area contributed by atoms with E-state index in [9.17, 15) is 10.2 Å². The van der Waals surface area contributed by atoms with Crippen LogP contribution in [0.15, 0.2) is 109 Å². The van der Waals surface area contributed by atoms with Crippen molar-refractivity contribution in [1.82, 2.24) is 0 Å². The Labute approximate surface area is 319 Å². The van der Waals surface area contributed by atoms with Gasteiger partial charge < -0.3 is 10.2 Å². The number of fused-ring (bicyclic) bond motifs is 6. The minimum atomic E-state index is 0.218. The Balaban J connectivity index is 0.897. The van der Waals surface area contributed by atoms with Crippen LogP contribution in [0, 0.1) is 46.8 Å². The van der Waals surface area contributed by atoms with Crippen LogP contribution in [-0.4, -0.2) is 10.2 Å². The predicted octanol–water partition coefficient (Wildman–Crippen LogP) is 13.5. The average Bonchev–Trinajstić information content (AvgIpc) is 4.10. The minimum Gasteiger partial charge on any atom is -0.507 e. The fraction of sp³-hybridized carbons (Fsp3) is 0.385. The van der Waals surface area contributed by atoms with Crippen molar-refractivity contribution in [3.05, 3.63) is 120 Å². The van der Waals surface area contributed by atoms with Crippen LogP contribution in [0.4, 0.5) is 0 Å². The monoisotopic (exact) mass is 706 g/mol. The molecule has 54 heavy (non-hydrogen) atoms. The number of benzene rings is 6. The van der Waals surface area contributed by atoms with Gasteiger partial charge in [-0.2, -0.15) is 0 Å². The lowest BCUT2D eigenvalue weighted by Gasteiger charge is -2.34. The lowest BCUT2D eigenvalue weighted by Crippen LogP contribution is -2.23. The molecule has 2 nitrogen and oxygen atoms in total. The first-order valence-electron chi connectivity index (χ1n) is 21.2. The molecule has 0 bridgehead atoms. The van der Waals surface area contributed by atoms with Crippen molar-refractivity contribution < 1.29 is 10.2 Å². The Morgan fingerprint density at radius 2 is 1.00 bits per heavy atom. The summed E-state index contributed by atoms with van der Waals surface area (Å²) >= 11 is 0. The van der Waals surface area contributed by atoms with E-state index in [1.54, 1.807) is 0 Å². The van der Waals surface area contributed by atoms with Gasteiger partial charge in [-0.1, -0.05) is 104 Å². The molecule has 0 amide bonds. The number of phenols is 2. The van der Waals surface area contributed by atoms with Crippen LogP contribution in [0.1, 0.15) is 87.7 Å². The summed E-state index contributed by atoms with van der Waals surface area (Å²) in [7, 11) is 0. The van der Waals surface area contributed by atoms with E-state index in [0.29, 0.717) is 28.4 Å². The summed E-state index contributed by atoms with van der Waals surface area (Å²) in [5, 5.41) is 28.8. The van der Waals surface area contributed by atoms with Crippen molar-refractivity contribution in [3.8, 4) is 44.9 Å². The molecule has 6 aromatic rings. The third-order valence-corrected chi connectivity index (χ3v) is 16.2. The Hall–Kier alpha value is -4.56. The molecule has 4 atom stereocenters. The molecule has 0 aromatic heterocycles. The molecule has 2 N–H and O–H groups in total. The van der Waals surface area contributed by atoms with Crippen molar-refractivity contribution in [1.29, 1.82) is 0 Å². The smallest absolute Gasteiger partial charge is 0.132 e. The quantitative estimate of drug-likeness (QED) is 0.181. The maximum Gasteiger partial charge on any atom is 0.132 e. The number of hydrogen-bond donors (Lipinski definition) is 2. The van der Waals surface area contributed by atoms with Gasteiger partial charge in [0.05, 0.1) is 0 Å². The van der Waals surface area contributed by atoms with Crippen LogP contribution in [0.3, 0.4) is 0 Å². The highest BCUT2D eigenvalue weighted by Crippen LogP contribution is 2.85. The van der Waals surface area contributed by atoms with Crippen molar-refractivity contribution in [2.75, 3.05) is 0 Å². The second-order valence-electron chi connectivity index (χ2n) is 18.7. The van der Waals surface area contributed by atoms with Gasteiger partial charge in [-0.15, -0.1) is 0 Å². The molecule has 0 saturated heterocycles. The van der Waals surface area contributed by atoms with Crippen LogP contribution >= 0.6 is 0 Å². The second kappa shape index (κ2) is 11.5. The Morgan fingerprint density at radius 1 is 0.537 bits per heavy atom. The van der Waals surface area contributed by atoms with Crippen molar-refractivity contribution >= 4 is 21.5 Å². The summed E-state index contributed by atoms with van der Waals surface area (Å²) in [6.45, 7) is 2.44. The molecule has 270 valence electrons. The van der Waals surface area contributed by atoms with E-state index in [1.807, 2.05) is 12.1 Å². The first-order valence-corrected chi connectivity index (χ1v) is 21.2. The van der Waals surface area contributed by atoms with Gasteiger partial charge in [0, 0.05) is 22.3 Å². The lowest BCUT2D eigenvalue weighted by molar-refractivity contribution is 0.200. The summed E-state index contributed by atoms with van der Waals surface area (Å²) in [6.07, 6.45) is 12.3. The molecule has 0 heterocycles. The standard InChI is InChI=1S/C52H50O2/c1-29-48-49(29)52(48)24-22-33(23-25-52)32-12-18-35(19-13-32)42-27-38-7-3-5-9-40(38)47(51(42)54)46-39-8-4-2-6-37(39)26-41(50(46)53)34-16-10-30(11-17-34)31-14-20-36(21-15-31)45-43-28-44(43)45/h2-13,16-19,26-27,29,31,33,36,43-45,48-49,53-54H,14-15,20-25,28H2,1H3/t29?,31-,33?,36-,43?,44?,45?,48?,49?,52?. The molecule has 6 saturated carbocycles. The number of hydrogen-bond acceptors (Lipinski definition) is 2. The molecule has 1 spiro atoms. The van der Waals surface area contributed by atoms with Crippen LogP contribution in [-0.2, 0) is 0 Å². The van der Waals surface area contributed by atoms with Crippen molar-refractivity contribution in [2.45, 2.75) is 76.5 Å². The average molecular weight is 707 g/mol. The molecule has 6 aromatic carbocycles. The SMILES string of the molecule is CC1C2C1C21CCC(c2ccc(-c3cc4ccccc4c(-c4c(O)c(-c5ccc([C@H]6CC[C@H](C7C8CC87)CC6)cc5)cc5ccccc45)c3O)cc2)CC1. The molecular formula is C52H50O2. The third kappa shape index (κ3) is 4.71. The minimum absolute atomic E-state index is 0.218. The molecule has 6 aliphatic carbocycles. The van der Waals surface area contributed by atoms with E-state index in [1.165, 1.54) is 68.9 Å². The molecule has 0 aliphatic heterocycles. The molecule has 2 heteroatoms. The molecule has 4 unspecified atom stereocenters. The predicted molar refractivity (Wildman–Crippen MR) is 221 cm³/mol. The molecule has 6 fully saturated rings. The van der Waals surface area contributed by atoms with Crippen molar-refractivity contribution in [2.24, 2.45) is 46.8 Å². The molecule has 6 aliphatic rings. The number of phenolic OH excluding ortho intramolecular Hbond substituents is 2. The van der Waals surface area contributed by atoms with Gasteiger partial charge in [0.15, 0.2) is 0 Å². The lowest BCUT2D eigenvalue weighted by atomic mass is 9.70. The Kier molecular flexibility index (Phi) is 6.75. The van der Waals surface area contributed by atoms with Gasteiger partial charge in [-0.25, -0.2) is 0 Å². The highest BCUT2D eigenvalue weighted by Gasteiger charge is 2.80. The highest BCUT2D eigenvalue weighted by molar-refractivity contribution is 6.13. The first kappa shape index (κ1) is 31.8. The van der Waals surface area contributed by atoms with Crippen molar-refractivity contribution in [3.63, 3.8) is 0 Å².